The molecule has 0 N–H and O–H groups in total. The number of methoxy groups -OCH3 is 1. The lowest BCUT2D eigenvalue weighted by molar-refractivity contribution is 0.0404. The van der Waals surface area contributed by atoms with Gasteiger partial charge in [-0.1, -0.05) is 30.3 Å². The molecule has 100 valence electrons. The summed E-state index contributed by atoms with van der Waals surface area (Å²) in [4.78, 5) is 11.9. The highest BCUT2D eigenvalue weighted by atomic mass is 16.5. The van der Waals surface area contributed by atoms with Crippen molar-refractivity contribution in [1.29, 1.82) is 5.26 Å². The zero-order valence-electron chi connectivity index (χ0n) is 10.9. The Bertz CT molecular complexity index is 614. The highest BCUT2D eigenvalue weighted by molar-refractivity contribution is 5.89. The SMILES string of the molecule is COc1ccc(C(C#N)OC(=O)c2ccccc2)cc1. The number of hydrogen-bond acceptors (Lipinski definition) is 4. The number of nitriles is 1. The third-order valence-electron chi connectivity index (χ3n) is 2.77. The first-order valence-corrected chi connectivity index (χ1v) is 6.04. The number of carbonyl (C=O) groups is 1. The van der Waals surface area contributed by atoms with Gasteiger partial charge in [-0.05, 0) is 24.3 Å². The molecule has 2 aromatic carbocycles. The molecule has 0 aliphatic rings. The van der Waals surface area contributed by atoms with Crippen molar-refractivity contribution in [3.8, 4) is 11.8 Å². The van der Waals surface area contributed by atoms with Gasteiger partial charge < -0.3 is 9.47 Å². The summed E-state index contributed by atoms with van der Waals surface area (Å²) in [6.07, 6.45) is -0.936. The molecule has 0 heterocycles. The van der Waals surface area contributed by atoms with E-state index in [1.165, 1.54) is 0 Å². The lowest BCUT2D eigenvalue weighted by atomic mass is 10.1. The van der Waals surface area contributed by atoms with Gasteiger partial charge in [-0.25, -0.2) is 4.79 Å². The second-order valence-electron chi connectivity index (χ2n) is 4.05. The largest absolute Gasteiger partial charge is 0.497 e. The van der Waals surface area contributed by atoms with Crippen LogP contribution in [0.3, 0.4) is 0 Å². The lowest BCUT2D eigenvalue weighted by Crippen LogP contribution is -2.10. The Kier molecular flexibility index (Phi) is 4.35. The highest BCUT2D eigenvalue weighted by Gasteiger charge is 2.17. The van der Waals surface area contributed by atoms with E-state index in [-0.39, 0.29) is 0 Å². The maximum atomic E-state index is 11.9. The Balaban J connectivity index is 2.13. The standard InChI is InChI=1S/C16H13NO3/c1-19-14-9-7-12(8-10-14)15(11-17)20-16(18)13-5-3-2-4-6-13/h2-10,15H,1H3. The molecule has 0 saturated heterocycles. The van der Waals surface area contributed by atoms with Gasteiger partial charge in [-0.3, -0.25) is 0 Å². The molecule has 1 unspecified atom stereocenters. The molecule has 2 aromatic rings. The van der Waals surface area contributed by atoms with Gasteiger partial charge in [0.2, 0.25) is 6.10 Å². The average Bonchev–Trinajstić information content (AvgIpc) is 2.53. The van der Waals surface area contributed by atoms with Crippen LogP contribution in [0.15, 0.2) is 54.6 Å². The molecule has 2 rings (SSSR count). The molecule has 0 saturated carbocycles. The first kappa shape index (κ1) is 13.6. The fourth-order valence-electron chi connectivity index (χ4n) is 1.70. The fraction of sp³-hybridized carbons (Fsp3) is 0.125. The van der Waals surface area contributed by atoms with Crippen LogP contribution in [-0.2, 0) is 4.74 Å². The van der Waals surface area contributed by atoms with E-state index in [0.717, 1.165) is 0 Å². The van der Waals surface area contributed by atoms with Crippen molar-refractivity contribution in [2.45, 2.75) is 6.10 Å². The van der Waals surface area contributed by atoms with Crippen LogP contribution in [0, 0.1) is 11.3 Å². The molecule has 4 heteroatoms. The average molecular weight is 267 g/mol. The van der Waals surface area contributed by atoms with Crippen LogP contribution in [0.1, 0.15) is 22.0 Å². The van der Waals surface area contributed by atoms with E-state index in [9.17, 15) is 4.79 Å². The van der Waals surface area contributed by atoms with E-state index in [1.807, 2.05) is 12.1 Å². The Hall–Kier alpha value is -2.80. The monoisotopic (exact) mass is 267 g/mol. The van der Waals surface area contributed by atoms with Crippen molar-refractivity contribution in [2.24, 2.45) is 0 Å². The number of ether oxygens (including phenoxy) is 2. The summed E-state index contributed by atoms with van der Waals surface area (Å²) in [5.74, 6) is 0.160. The van der Waals surface area contributed by atoms with Crippen LogP contribution < -0.4 is 4.74 Å². The molecular weight excluding hydrogens is 254 g/mol. The van der Waals surface area contributed by atoms with Crippen molar-refractivity contribution in [3.05, 3.63) is 65.7 Å². The van der Waals surface area contributed by atoms with Gasteiger partial charge in [0.25, 0.3) is 0 Å². The fourth-order valence-corrected chi connectivity index (χ4v) is 1.70. The van der Waals surface area contributed by atoms with Crippen molar-refractivity contribution in [3.63, 3.8) is 0 Å². The summed E-state index contributed by atoms with van der Waals surface area (Å²) < 4.78 is 10.2. The van der Waals surface area contributed by atoms with Crippen LogP contribution in [0.4, 0.5) is 0 Å². The first-order chi connectivity index (χ1) is 9.74. The predicted octanol–water partition coefficient (Wildman–Crippen LogP) is 3.12. The van der Waals surface area contributed by atoms with Crippen molar-refractivity contribution < 1.29 is 14.3 Å². The maximum absolute atomic E-state index is 11.9. The third kappa shape index (κ3) is 3.15. The van der Waals surface area contributed by atoms with Crippen molar-refractivity contribution in [2.75, 3.05) is 7.11 Å². The zero-order valence-corrected chi connectivity index (χ0v) is 10.9. The Morgan fingerprint density at radius 2 is 1.75 bits per heavy atom. The van der Waals surface area contributed by atoms with Gasteiger partial charge in [0.1, 0.15) is 11.8 Å². The number of rotatable bonds is 4. The molecule has 0 fully saturated rings. The predicted molar refractivity (Wildman–Crippen MR) is 73.2 cm³/mol. The molecule has 0 amide bonds. The van der Waals surface area contributed by atoms with Gasteiger partial charge in [-0.2, -0.15) is 5.26 Å². The van der Waals surface area contributed by atoms with E-state index < -0.39 is 12.1 Å². The molecule has 0 aliphatic heterocycles. The smallest absolute Gasteiger partial charge is 0.339 e. The molecule has 0 spiro atoms. The topological polar surface area (TPSA) is 59.3 Å². The quantitative estimate of drug-likeness (QED) is 0.798. The van der Waals surface area contributed by atoms with Crippen molar-refractivity contribution in [1.82, 2.24) is 0 Å². The first-order valence-electron chi connectivity index (χ1n) is 6.04. The molecule has 0 aliphatic carbocycles. The third-order valence-corrected chi connectivity index (χ3v) is 2.77. The number of carbonyl (C=O) groups excluding carboxylic acids is 1. The van der Waals surface area contributed by atoms with Crippen LogP contribution in [0.5, 0.6) is 5.75 Å². The highest BCUT2D eigenvalue weighted by Crippen LogP contribution is 2.21. The molecule has 4 nitrogen and oxygen atoms in total. The van der Waals surface area contributed by atoms with E-state index in [4.69, 9.17) is 14.7 Å². The van der Waals surface area contributed by atoms with Gasteiger partial charge >= 0.3 is 5.97 Å². The number of benzene rings is 2. The summed E-state index contributed by atoms with van der Waals surface area (Å²) >= 11 is 0. The molecular formula is C16H13NO3. The van der Waals surface area contributed by atoms with Crippen molar-refractivity contribution >= 4 is 5.97 Å². The summed E-state index contributed by atoms with van der Waals surface area (Å²) in [5.41, 5.74) is 1.03. The number of hydrogen-bond donors (Lipinski definition) is 0. The number of esters is 1. The van der Waals surface area contributed by atoms with E-state index in [2.05, 4.69) is 0 Å². The Labute approximate surface area is 117 Å². The lowest BCUT2D eigenvalue weighted by Gasteiger charge is -2.11. The molecule has 1 atom stereocenters. The summed E-state index contributed by atoms with van der Waals surface area (Å²) in [7, 11) is 1.56. The maximum Gasteiger partial charge on any atom is 0.339 e. The molecule has 20 heavy (non-hydrogen) atoms. The summed E-state index contributed by atoms with van der Waals surface area (Å²) in [6.45, 7) is 0. The second kappa shape index (κ2) is 6.39. The zero-order chi connectivity index (χ0) is 14.4. The minimum atomic E-state index is -0.936. The van der Waals surface area contributed by atoms with Crippen LogP contribution >= 0.6 is 0 Å². The second-order valence-corrected chi connectivity index (χ2v) is 4.05. The van der Waals surface area contributed by atoms with E-state index in [1.54, 1.807) is 55.6 Å². The Morgan fingerprint density at radius 1 is 1.10 bits per heavy atom. The van der Waals surface area contributed by atoms with Gasteiger partial charge in [-0.15, -0.1) is 0 Å². The minimum Gasteiger partial charge on any atom is -0.497 e. The van der Waals surface area contributed by atoms with Gasteiger partial charge in [0, 0.05) is 5.56 Å². The van der Waals surface area contributed by atoms with Crippen LogP contribution in [-0.4, -0.2) is 13.1 Å². The van der Waals surface area contributed by atoms with E-state index in [0.29, 0.717) is 16.9 Å². The molecule has 0 aromatic heterocycles. The van der Waals surface area contributed by atoms with Crippen LogP contribution in [0.2, 0.25) is 0 Å². The molecule has 0 radical (unpaired) electrons. The number of nitrogens with zero attached hydrogens (tertiary/aromatic N) is 1. The molecule has 0 bridgehead atoms. The van der Waals surface area contributed by atoms with Crippen LogP contribution in [0.25, 0.3) is 0 Å². The van der Waals surface area contributed by atoms with E-state index >= 15 is 0 Å². The minimum absolute atomic E-state index is 0.418. The van der Waals surface area contributed by atoms with Gasteiger partial charge in [0.15, 0.2) is 0 Å². The normalized spacial score (nSPS) is 11.2. The Morgan fingerprint density at radius 3 is 2.30 bits per heavy atom. The summed E-state index contributed by atoms with van der Waals surface area (Å²) in [6, 6.07) is 17.4. The van der Waals surface area contributed by atoms with Gasteiger partial charge in [0.05, 0.1) is 12.7 Å². The summed E-state index contributed by atoms with van der Waals surface area (Å²) in [5, 5.41) is 9.14.